The fourth-order valence-corrected chi connectivity index (χ4v) is 4.03. The van der Waals surface area contributed by atoms with Crippen molar-refractivity contribution in [3.8, 4) is 0 Å². The fraction of sp³-hybridized carbons (Fsp3) is 0.273. The Bertz CT molecular complexity index is 1270. The van der Waals surface area contributed by atoms with Crippen molar-refractivity contribution < 1.29 is 13.6 Å². The van der Waals surface area contributed by atoms with Crippen LogP contribution in [-0.2, 0) is 0 Å². The molecule has 3 heterocycles. The number of fused-ring (bicyclic) bond motifs is 2. The third kappa shape index (κ3) is 3.78. The summed E-state index contributed by atoms with van der Waals surface area (Å²) in [4.78, 5) is 30.8. The maximum Gasteiger partial charge on any atom is 0.254 e. The highest BCUT2D eigenvalue weighted by Gasteiger charge is 2.27. The predicted molar refractivity (Wildman–Crippen MR) is 113 cm³/mol. The number of aromatic nitrogens is 4. The van der Waals surface area contributed by atoms with Gasteiger partial charge in [-0.1, -0.05) is 0 Å². The summed E-state index contributed by atoms with van der Waals surface area (Å²) in [7, 11) is 0. The van der Waals surface area contributed by atoms with Gasteiger partial charge < -0.3 is 15.2 Å². The van der Waals surface area contributed by atoms with Crippen molar-refractivity contribution in [1.29, 1.82) is 0 Å². The number of benzene rings is 2. The first kappa shape index (κ1) is 19.3. The first-order valence-corrected chi connectivity index (χ1v) is 10.2. The Kier molecular flexibility index (Phi) is 4.93. The van der Waals surface area contributed by atoms with E-state index in [1.807, 2.05) is 17.0 Å². The number of likely N-dealkylation sites (tertiary alicyclic amines) is 1. The average Bonchev–Trinajstić information content (AvgIpc) is 3.26. The molecule has 0 saturated carbocycles. The van der Waals surface area contributed by atoms with Crippen molar-refractivity contribution in [2.45, 2.75) is 25.3 Å². The van der Waals surface area contributed by atoms with Crippen LogP contribution in [0.2, 0.25) is 0 Å². The lowest BCUT2D eigenvalue weighted by atomic mass is 10.0. The van der Waals surface area contributed by atoms with Gasteiger partial charge in [0.05, 0.1) is 34.6 Å². The van der Waals surface area contributed by atoms with Gasteiger partial charge in [0.1, 0.15) is 5.82 Å². The number of anilines is 1. The van der Waals surface area contributed by atoms with Crippen LogP contribution >= 0.6 is 0 Å². The van der Waals surface area contributed by atoms with E-state index in [4.69, 9.17) is 0 Å². The third-order valence-electron chi connectivity index (χ3n) is 5.66. The molecule has 0 radical (unpaired) electrons. The predicted octanol–water partition coefficient (Wildman–Crippen LogP) is 3.89. The van der Waals surface area contributed by atoms with Gasteiger partial charge in [-0.25, -0.2) is 18.7 Å². The number of carbonyl (C=O) groups is 1. The lowest BCUT2D eigenvalue weighted by molar-refractivity contribution is 0.0628. The Morgan fingerprint density at radius 2 is 1.94 bits per heavy atom. The Morgan fingerprint density at radius 3 is 2.81 bits per heavy atom. The molecule has 1 aliphatic heterocycles. The SMILES string of the molecule is O=C(c1ccc2nc[nH]c2c1)N1CCCC[C@H]1CNc1cnc2cc(F)c(F)cc2n1. The van der Waals surface area contributed by atoms with Crippen LogP contribution in [0.5, 0.6) is 0 Å². The van der Waals surface area contributed by atoms with E-state index >= 15 is 0 Å². The summed E-state index contributed by atoms with van der Waals surface area (Å²) >= 11 is 0. The first-order chi connectivity index (χ1) is 15.1. The van der Waals surface area contributed by atoms with Gasteiger partial charge in [0.15, 0.2) is 11.6 Å². The summed E-state index contributed by atoms with van der Waals surface area (Å²) in [5, 5.41) is 3.20. The Hall–Kier alpha value is -3.62. The Balaban J connectivity index is 1.33. The molecule has 1 amide bonds. The fourth-order valence-electron chi connectivity index (χ4n) is 4.03. The third-order valence-corrected chi connectivity index (χ3v) is 5.66. The van der Waals surface area contributed by atoms with Crippen molar-refractivity contribution in [1.82, 2.24) is 24.8 Å². The molecule has 9 heteroatoms. The molecule has 1 saturated heterocycles. The largest absolute Gasteiger partial charge is 0.367 e. The molecule has 1 atom stereocenters. The second kappa shape index (κ2) is 7.90. The zero-order valence-corrected chi connectivity index (χ0v) is 16.6. The molecule has 2 N–H and O–H groups in total. The summed E-state index contributed by atoms with van der Waals surface area (Å²) in [6.07, 6.45) is 5.95. The molecule has 1 aliphatic rings. The zero-order valence-electron chi connectivity index (χ0n) is 16.6. The van der Waals surface area contributed by atoms with Gasteiger partial charge in [-0.05, 0) is 37.5 Å². The first-order valence-electron chi connectivity index (χ1n) is 10.2. The molecular formula is C22H20F2N6O. The maximum atomic E-state index is 13.5. The summed E-state index contributed by atoms with van der Waals surface area (Å²) in [5.74, 6) is -1.48. The van der Waals surface area contributed by atoms with Crippen LogP contribution in [0.25, 0.3) is 22.1 Å². The lowest BCUT2D eigenvalue weighted by Crippen LogP contribution is -2.47. The summed E-state index contributed by atoms with van der Waals surface area (Å²) < 4.78 is 26.9. The monoisotopic (exact) mass is 422 g/mol. The second-order valence-electron chi connectivity index (χ2n) is 7.67. The zero-order chi connectivity index (χ0) is 21.4. The second-order valence-corrected chi connectivity index (χ2v) is 7.67. The van der Waals surface area contributed by atoms with E-state index in [1.54, 1.807) is 12.4 Å². The minimum atomic E-state index is -0.961. The van der Waals surface area contributed by atoms with Crippen LogP contribution in [0.4, 0.5) is 14.6 Å². The number of nitrogens with zero attached hydrogens (tertiary/aromatic N) is 4. The highest BCUT2D eigenvalue weighted by atomic mass is 19.2. The van der Waals surface area contributed by atoms with Crippen molar-refractivity contribution >= 4 is 33.8 Å². The molecule has 31 heavy (non-hydrogen) atoms. The topological polar surface area (TPSA) is 86.8 Å². The van der Waals surface area contributed by atoms with E-state index in [0.29, 0.717) is 24.5 Å². The standard InChI is InChI=1S/C22H20F2N6O/c23-15-8-19-20(9-16(15)24)29-21(11-25-19)26-10-14-3-1-2-6-30(14)22(31)13-4-5-17-18(7-13)28-12-27-17/h4-5,7-9,11-12,14H,1-3,6,10H2,(H,26,29)(H,27,28)/t14-/m0/s1. The number of hydrogen-bond donors (Lipinski definition) is 2. The van der Waals surface area contributed by atoms with Crippen LogP contribution < -0.4 is 5.32 Å². The molecule has 2 aromatic carbocycles. The minimum absolute atomic E-state index is 0.0128. The highest BCUT2D eigenvalue weighted by molar-refractivity contribution is 5.97. The quantitative estimate of drug-likeness (QED) is 0.521. The molecular weight excluding hydrogens is 402 g/mol. The molecule has 7 nitrogen and oxygen atoms in total. The van der Waals surface area contributed by atoms with E-state index in [2.05, 4.69) is 25.3 Å². The van der Waals surface area contributed by atoms with Gasteiger partial charge in [-0.15, -0.1) is 0 Å². The number of H-pyrrole nitrogens is 1. The Morgan fingerprint density at radius 1 is 1.10 bits per heavy atom. The minimum Gasteiger partial charge on any atom is -0.367 e. The smallest absolute Gasteiger partial charge is 0.254 e. The van der Waals surface area contributed by atoms with Crippen LogP contribution in [0.15, 0.2) is 42.9 Å². The molecule has 2 aromatic heterocycles. The average molecular weight is 422 g/mol. The number of amides is 1. The maximum absolute atomic E-state index is 13.5. The molecule has 1 fully saturated rings. The number of hydrogen-bond acceptors (Lipinski definition) is 5. The molecule has 0 aliphatic carbocycles. The normalized spacial score (nSPS) is 16.7. The van der Waals surface area contributed by atoms with E-state index in [1.165, 1.54) is 6.20 Å². The van der Waals surface area contributed by atoms with E-state index in [0.717, 1.165) is 42.4 Å². The van der Waals surface area contributed by atoms with Gasteiger partial charge in [0.2, 0.25) is 0 Å². The number of piperidine rings is 1. The molecule has 158 valence electrons. The van der Waals surface area contributed by atoms with Gasteiger partial charge in [-0.2, -0.15) is 0 Å². The van der Waals surface area contributed by atoms with E-state index in [9.17, 15) is 13.6 Å². The number of halogens is 2. The number of aromatic amines is 1. The molecule has 4 aromatic rings. The van der Waals surface area contributed by atoms with E-state index in [-0.39, 0.29) is 23.0 Å². The van der Waals surface area contributed by atoms with Crippen LogP contribution in [0.3, 0.4) is 0 Å². The molecule has 0 spiro atoms. The van der Waals surface area contributed by atoms with Crippen molar-refractivity contribution in [3.63, 3.8) is 0 Å². The van der Waals surface area contributed by atoms with Crippen LogP contribution in [0, 0.1) is 11.6 Å². The van der Waals surface area contributed by atoms with Gasteiger partial charge >= 0.3 is 0 Å². The summed E-state index contributed by atoms with van der Waals surface area (Å²) in [6.45, 7) is 1.17. The lowest BCUT2D eigenvalue weighted by Gasteiger charge is -2.36. The number of imidazole rings is 1. The van der Waals surface area contributed by atoms with Crippen molar-refractivity contribution in [3.05, 3.63) is 60.1 Å². The van der Waals surface area contributed by atoms with Gasteiger partial charge in [-0.3, -0.25) is 9.78 Å². The van der Waals surface area contributed by atoms with Gasteiger partial charge in [0, 0.05) is 36.8 Å². The number of rotatable bonds is 4. The Labute approximate surface area is 176 Å². The highest BCUT2D eigenvalue weighted by Crippen LogP contribution is 2.22. The molecule has 0 bridgehead atoms. The summed E-state index contributed by atoms with van der Waals surface area (Å²) in [5.41, 5.74) is 2.82. The van der Waals surface area contributed by atoms with Crippen LogP contribution in [0.1, 0.15) is 29.6 Å². The van der Waals surface area contributed by atoms with Crippen molar-refractivity contribution in [2.75, 3.05) is 18.4 Å². The number of nitrogens with one attached hydrogen (secondary N) is 2. The van der Waals surface area contributed by atoms with E-state index < -0.39 is 11.6 Å². The van der Waals surface area contributed by atoms with Gasteiger partial charge in [0.25, 0.3) is 5.91 Å². The molecule has 5 rings (SSSR count). The van der Waals surface area contributed by atoms with Crippen molar-refractivity contribution in [2.24, 2.45) is 0 Å². The number of carbonyl (C=O) groups excluding carboxylic acids is 1. The summed E-state index contributed by atoms with van der Waals surface area (Å²) in [6, 6.07) is 7.51. The molecule has 0 unspecified atom stereocenters. The van der Waals surface area contributed by atoms with Crippen LogP contribution in [-0.4, -0.2) is 49.9 Å².